The molecule has 0 radical (unpaired) electrons. The van der Waals surface area contributed by atoms with Crippen molar-refractivity contribution in [3.05, 3.63) is 53.1 Å². The minimum absolute atomic E-state index is 0.182. The van der Waals surface area contributed by atoms with Crippen molar-refractivity contribution >= 4 is 11.6 Å². The third kappa shape index (κ3) is 2.71. The highest BCUT2D eigenvalue weighted by molar-refractivity contribution is 6.04. The van der Waals surface area contributed by atoms with Crippen LogP contribution in [0, 0.1) is 20.8 Å². The van der Waals surface area contributed by atoms with Crippen LogP contribution in [0.1, 0.15) is 27.4 Å². The molecule has 0 bridgehead atoms. The number of nitrogens with one attached hydrogen (secondary N) is 1. The van der Waals surface area contributed by atoms with Crippen LogP contribution in [0.4, 0.5) is 5.69 Å². The maximum atomic E-state index is 12.1. The first kappa shape index (κ1) is 12.2. The molecule has 4 heteroatoms. The minimum atomic E-state index is -0.182. The molecule has 92 valence electrons. The van der Waals surface area contributed by atoms with Crippen LogP contribution < -0.4 is 5.32 Å². The van der Waals surface area contributed by atoms with E-state index in [1.54, 1.807) is 20.0 Å². The molecule has 1 N–H and O–H groups in total. The molecule has 2 aromatic rings. The molecular formula is C14H15N3O. The van der Waals surface area contributed by atoms with E-state index in [2.05, 4.69) is 15.3 Å². The second kappa shape index (κ2) is 4.96. The van der Waals surface area contributed by atoms with E-state index in [1.165, 1.54) is 0 Å². The molecule has 0 aliphatic heterocycles. The van der Waals surface area contributed by atoms with Gasteiger partial charge in [0.15, 0.2) is 0 Å². The summed E-state index contributed by atoms with van der Waals surface area (Å²) in [6.45, 7) is 5.59. The predicted octanol–water partition coefficient (Wildman–Crippen LogP) is 2.65. The number of nitrogens with zero attached hydrogens (tertiary/aromatic N) is 2. The average Bonchev–Trinajstić information content (AvgIpc) is 2.28. The first-order chi connectivity index (χ1) is 8.56. The number of aromatic nitrogens is 2. The number of aryl methyl sites for hydroxylation is 3. The molecule has 0 atom stereocenters. The van der Waals surface area contributed by atoms with Gasteiger partial charge in [0.25, 0.3) is 5.91 Å². The quantitative estimate of drug-likeness (QED) is 0.879. The summed E-state index contributed by atoms with van der Waals surface area (Å²) in [5, 5.41) is 2.84. The van der Waals surface area contributed by atoms with Gasteiger partial charge in [-0.05, 0) is 38.5 Å². The fraction of sp³-hybridized carbons (Fsp3) is 0.214. The maximum Gasteiger partial charge on any atom is 0.259 e. The Morgan fingerprint density at radius 3 is 2.67 bits per heavy atom. The van der Waals surface area contributed by atoms with Gasteiger partial charge in [-0.15, -0.1) is 0 Å². The van der Waals surface area contributed by atoms with Crippen LogP contribution in [-0.4, -0.2) is 15.9 Å². The number of rotatable bonds is 2. The van der Waals surface area contributed by atoms with Crippen molar-refractivity contribution in [3.63, 3.8) is 0 Å². The number of hydrogen-bond donors (Lipinski definition) is 1. The van der Waals surface area contributed by atoms with Crippen molar-refractivity contribution in [2.45, 2.75) is 20.8 Å². The van der Waals surface area contributed by atoms with E-state index >= 15 is 0 Å². The SMILES string of the molecule is Cc1cccc(NC(=O)c2cnc(C)nc2C)c1. The number of carbonyl (C=O) groups is 1. The van der Waals surface area contributed by atoms with Gasteiger partial charge in [0.05, 0.1) is 11.3 Å². The van der Waals surface area contributed by atoms with Crippen LogP contribution in [0.5, 0.6) is 0 Å². The molecule has 2 rings (SSSR count). The monoisotopic (exact) mass is 241 g/mol. The summed E-state index contributed by atoms with van der Waals surface area (Å²) in [5.74, 6) is 0.484. The zero-order valence-corrected chi connectivity index (χ0v) is 10.7. The highest BCUT2D eigenvalue weighted by atomic mass is 16.1. The number of hydrogen-bond acceptors (Lipinski definition) is 3. The third-order valence-corrected chi connectivity index (χ3v) is 2.62. The second-order valence-corrected chi connectivity index (χ2v) is 4.24. The standard InChI is InChI=1S/C14H15N3O/c1-9-5-4-6-12(7-9)17-14(18)13-8-15-11(3)16-10(13)2/h4-8H,1-3H3,(H,17,18). The molecule has 0 unspecified atom stereocenters. The summed E-state index contributed by atoms with van der Waals surface area (Å²) in [7, 11) is 0. The maximum absolute atomic E-state index is 12.1. The lowest BCUT2D eigenvalue weighted by Crippen LogP contribution is -2.15. The molecule has 0 aliphatic rings. The average molecular weight is 241 g/mol. The van der Waals surface area contributed by atoms with Gasteiger partial charge in [-0.25, -0.2) is 9.97 Å². The molecule has 1 aromatic carbocycles. The van der Waals surface area contributed by atoms with Crippen LogP contribution in [-0.2, 0) is 0 Å². The fourth-order valence-corrected chi connectivity index (χ4v) is 1.73. The van der Waals surface area contributed by atoms with E-state index in [1.807, 2.05) is 31.2 Å². The topological polar surface area (TPSA) is 54.9 Å². The van der Waals surface area contributed by atoms with Gasteiger partial charge in [-0.2, -0.15) is 0 Å². The Morgan fingerprint density at radius 1 is 1.22 bits per heavy atom. The van der Waals surface area contributed by atoms with Gasteiger partial charge in [-0.3, -0.25) is 4.79 Å². The smallest absolute Gasteiger partial charge is 0.259 e. The van der Waals surface area contributed by atoms with Gasteiger partial charge in [0, 0.05) is 11.9 Å². The Bertz CT molecular complexity index is 593. The van der Waals surface area contributed by atoms with E-state index in [0.29, 0.717) is 17.1 Å². The van der Waals surface area contributed by atoms with E-state index in [0.717, 1.165) is 11.3 Å². The molecule has 0 fully saturated rings. The predicted molar refractivity (Wildman–Crippen MR) is 70.6 cm³/mol. The minimum Gasteiger partial charge on any atom is -0.322 e. The Kier molecular flexibility index (Phi) is 3.37. The summed E-state index contributed by atoms with van der Waals surface area (Å²) >= 11 is 0. The summed E-state index contributed by atoms with van der Waals surface area (Å²) in [6.07, 6.45) is 1.56. The second-order valence-electron chi connectivity index (χ2n) is 4.24. The molecular weight excluding hydrogens is 226 g/mol. The molecule has 0 aliphatic carbocycles. The number of amides is 1. The number of carbonyl (C=O) groups excluding carboxylic acids is 1. The normalized spacial score (nSPS) is 10.2. The Hall–Kier alpha value is -2.23. The molecule has 0 saturated heterocycles. The van der Waals surface area contributed by atoms with Gasteiger partial charge in [-0.1, -0.05) is 12.1 Å². The van der Waals surface area contributed by atoms with Crippen LogP contribution in [0.25, 0.3) is 0 Å². The summed E-state index contributed by atoms with van der Waals surface area (Å²) in [5.41, 5.74) is 3.07. The first-order valence-electron chi connectivity index (χ1n) is 5.74. The van der Waals surface area contributed by atoms with Crippen LogP contribution >= 0.6 is 0 Å². The van der Waals surface area contributed by atoms with Crippen molar-refractivity contribution in [1.29, 1.82) is 0 Å². The van der Waals surface area contributed by atoms with E-state index in [4.69, 9.17) is 0 Å². The third-order valence-electron chi connectivity index (χ3n) is 2.62. The lowest BCUT2D eigenvalue weighted by atomic mass is 10.2. The number of anilines is 1. The largest absolute Gasteiger partial charge is 0.322 e. The molecule has 4 nitrogen and oxygen atoms in total. The van der Waals surface area contributed by atoms with Gasteiger partial charge in [0.1, 0.15) is 5.82 Å². The van der Waals surface area contributed by atoms with Crippen LogP contribution in [0.2, 0.25) is 0 Å². The van der Waals surface area contributed by atoms with Crippen LogP contribution in [0.3, 0.4) is 0 Å². The van der Waals surface area contributed by atoms with Crippen molar-refractivity contribution in [2.24, 2.45) is 0 Å². The van der Waals surface area contributed by atoms with Gasteiger partial charge < -0.3 is 5.32 Å². The highest BCUT2D eigenvalue weighted by Gasteiger charge is 2.11. The lowest BCUT2D eigenvalue weighted by Gasteiger charge is -2.07. The molecule has 0 spiro atoms. The molecule has 1 aromatic heterocycles. The lowest BCUT2D eigenvalue weighted by molar-refractivity contribution is 0.102. The van der Waals surface area contributed by atoms with Gasteiger partial charge >= 0.3 is 0 Å². The summed E-state index contributed by atoms with van der Waals surface area (Å²) < 4.78 is 0. The zero-order valence-electron chi connectivity index (χ0n) is 10.7. The zero-order chi connectivity index (χ0) is 13.1. The van der Waals surface area contributed by atoms with E-state index in [-0.39, 0.29) is 5.91 Å². The van der Waals surface area contributed by atoms with Crippen molar-refractivity contribution < 1.29 is 4.79 Å². The van der Waals surface area contributed by atoms with Gasteiger partial charge in [0.2, 0.25) is 0 Å². The number of benzene rings is 1. The van der Waals surface area contributed by atoms with E-state index in [9.17, 15) is 4.79 Å². The van der Waals surface area contributed by atoms with Crippen molar-refractivity contribution in [3.8, 4) is 0 Å². The molecule has 0 saturated carbocycles. The molecule has 18 heavy (non-hydrogen) atoms. The highest BCUT2D eigenvalue weighted by Crippen LogP contribution is 2.12. The molecule has 1 amide bonds. The molecule has 1 heterocycles. The van der Waals surface area contributed by atoms with Crippen molar-refractivity contribution in [1.82, 2.24) is 9.97 Å². The Balaban J connectivity index is 2.22. The van der Waals surface area contributed by atoms with E-state index < -0.39 is 0 Å². The summed E-state index contributed by atoms with van der Waals surface area (Å²) in [6, 6.07) is 7.66. The first-order valence-corrected chi connectivity index (χ1v) is 5.74. The van der Waals surface area contributed by atoms with Crippen molar-refractivity contribution in [2.75, 3.05) is 5.32 Å². The Morgan fingerprint density at radius 2 is 2.00 bits per heavy atom. The Labute approximate surface area is 106 Å². The fourth-order valence-electron chi connectivity index (χ4n) is 1.73. The summed E-state index contributed by atoms with van der Waals surface area (Å²) in [4.78, 5) is 20.3. The van der Waals surface area contributed by atoms with Crippen LogP contribution in [0.15, 0.2) is 30.5 Å².